The van der Waals surface area contributed by atoms with Gasteiger partial charge in [0, 0.05) is 42.8 Å². The van der Waals surface area contributed by atoms with E-state index in [1.54, 1.807) is 24.3 Å². The third kappa shape index (κ3) is 5.29. The maximum atomic E-state index is 12.9. The van der Waals surface area contributed by atoms with Gasteiger partial charge in [-0.3, -0.25) is 19.3 Å². The minimum absolute atomic E-state index is 0.0337. The number of anilines is 2. The molecule has 1 aromatic heterocycles. The zero-order valence-corrected chi connectivity index (χ0v) is 19.7. The zero-order chi connectivity index (χ0) is 24.9. The van der Waals surface area contributed by atoms with E-state index in [0.717, 1.165) is 10.9 Å². The maximum Gasteiger partial charge on any atom is 0.270 e. The van der Waals surface area contributed by atoms with Crippen molar-refractivity contribution in [1.29, 1.82) is 0 Å². The number of nitrogens with zero attached hydrogens (tertiary/aromatic N) is 2. The molecule has 0 saturated carbocycles. The standard InChI is InChI=1S/C28H27N5O3/c34-26(31-24-13-7-5-11-22(24)27(35)29-21-9-2-1-3-10-21)19-32-14-16-33(17-15-32)28(36)25-18-20-8-4-6-12-23(20)30-25/h1-13,18,30H,14-17,19H2,(H,29,35)(H,31,34). The van der Waals surface area contributed by atoms with E-state index in [9.17, 15) is 14.4 Å². The fourth-order valence-corrected chi connectivity index (χ4v) is 4.37. The normalized spacial score (nSPS) is 13.9. The second-order valence-electron chi connectivity index (χ2n) is 8.75. The lowest BCUT2D eigenvalue weighted by atomic mass is 10.1. The van der Waals surface area contributed by atoms with Crippen molar-refractivity contribution >= 4 is 40.0 Å². The number of carbonyl (C=O) groups excluding carboxylic acids is 3. The molecule has 0 atom stereocenters. The van der Waals surface area contributed by atoms with Crippen molar-refractivity contribution in [3.8, 4) is 0 Å². The Morgan fingerprint density at radius 1 is 0.778 bits per heavy atom. The quantitative estimate of drug-likeness (QED) is 0.390. The van der Waals surface area contributed by atoms with E-state index in [4.69, 9.17) is 0 Å². The number of carbonyl (C=O) groups is 3. The molecule has 2 heterocycles. The summed E-state index contributed by atoms with van der Waals surface area (Å²) in [6.07, 6.45) is 0. The van der Waals surface area contributed by atoms with E-state index >= 15 is 0 Å². The first kappa shape index (κ1) is 23.3. The molecular weight excluding hydrogens is 454 g/mol. The summed E-state index contributed by atoms with van der Waals surface area (Å²) in [6.45, 7) is 2.45. The largest absolute Gasteiger partial charge is 0.351 e. The van der Waals surface area contributed by atoms with Crippen LogP contribution in [0.1, 0.15) is 20.8 Å². The van der Waals surface area contributed by atoms with Crippen LogP contribution in [0.25, 0.3) is 10.9 Å². The van der Waals surface area contributed by atoms with Gasteiger partial charge in [0.15, 0.2) is 0 Å². The van der Waals surface area contributed by atoms with Gasteiger partial charge in [-0.1, -0.05) is 48.5 Å². The van der Waals surface area contributed by atoms with Crippen LogP contribution in [0.3, 0.4) is 0 Å². The van der Waals surface area contributed by atoms with Crippen LogP contribution in [0.5, 0.6) is 0 Å². The third-order valence-electron chi connectivity index (χ3n) is 6.26. The van der Waals surface area contributed by atoms with Gasteiger partial charge in [-0.15, -0.1) is 0 Å². The number of fused-ring (bicyclic) bond motifs is 1. The van der Waals surface area contributed by atoms with Crippen LogP contribution in [-0.4, -0.2) is 65.2 Å². The van der Waals surface area contributed by atoms with Crippen LogP contribution in [0.15, 0.2) is 84.9 Å². The monoisotopic (exact) mass is 481 g/mol. The van der Waals surface area contributed by atoms with E-state index in [1.165, 1.54) is 0 Å². The molecule has 1 fully saturated rings. The van der Waals surface area contributed by atoms with E-state index in [1.807, 2.05) is 70.5 Å². The summed E-state index contributed by atoms with van der Waals surface area (Å²) < 4.78 is 0. The number of aromatic nitrogens is 1. The van der Waals surface area contributed by atoms with Gasteiger partial charge in [-0.2, -0.15) is 0 Å². The molecular formula is C28H27N5O3. The minimum Gasteiger partial charge on any atom is -0.351 e. The molecule has 0 bridgehead atoms. The van der Waals surface area contributed by atoms with Gasteiger partial charge in [-0.25, -0.2) is 0 Å². The average Bonchev–Trinajstić information content (AvgIpc) is 3.34. The highest BCUT2D eigenvalue weighted by Gasteiger charge is 2.24. The molecule has 4 aromatic rings. The molecule has 36 heavy (non-hydrogen) atoms. The molecule has 3 N–H and O–H groups in total. The Bertz CT molecular complexity index is 1360. The van der Waals surface area contributed by atoms with Crippen molar-refractivity contribution in [2.24, 2.45) is 0 Å². The molecule has 0 spiro atoms. The topological polar surface area (TPSA) is 97.5 Å². The van der Waals surface area contributed by atoms with Crippen LogP contribution in [-0.2, 0) is 4.79 Å². The number of hydrogen-bond donors (Lipinski definition) is 3. The minimum atomic E-state index is -0.291. The molecule has 1 saturated heterocycles. The van der Waals surface area contributed by atoms with Crippen LogP contribution in [0, 0.1) is 0 Å². The summed E-state index contributed by atoms with van der Waals surface area (Å²) >= 11 is 0. The summed E-state index contributed by atoms with van der Waals surface area (Å²) in [6, 6.07) is 25.8. The smallest absolute Gasteiger partial charge is 0.270 e. The summed E-state index contributed by atoms with van der Waals surface area (Å²) in [4.78, 5) is 45.5. The number of para-hydroxylation sites is 3. The first-order valence-corrected chi connectivity index (χ1v) is 11.9. The molecule has 3 amide bonds. The zero-order valence-electron chi connectivity index (χ0n) is 19.7. The fourth-order valence-electron chi connectivity index (χ4n) is 4.37. The number of piperazine rings is 1. The molecule has 0 aliphatic carbocycles. The average molecular weight is 482 g/mol. The lowest BCUT2D eigenvalue weighted by molar-refractivity contribution is -0.117. The maximum absolute atomic E-state index is 12.9. The third-order valence-corrected chi connectivity index (χ3v) is 6.26. The van der Waals surface area contributed by atoms with E-state index in [0.29, 0.717) is 48.8 Å². The van der Waals surface area contributed by atoms with Gasteiger partial charge in [-0.05, 0) is 36.4 Å². The highest BCUT2D eigenvalue weighted by molar-refractivity contribution is 6.10. The van der Waals surface area contributed by atoms with Crippen LogP contribution in [0.2, 0.25) is 0 Å². The summed E-state index contributed by atoms with van der Waals surface area (Å²) in [5.41, 5.74) is 3.05. The fraction of sp³-hybridized carbons (Fsp3) is 0.179. The number of hydrogen-bond acceptors (Lipinski definition) is 4. The molecule has 8 nitrogen and oxygen atoms in total. The number of H-pyrrole nitrogens is 1. The Morgan fingerprint density at radius 2 is 1.47 bits per heavy atom. The number of benzene rings is 3. The Hall–Kier alpha value is -4.43. The molecule has 0 radical (unpaired) electrons. The Labute approximate surface area is 208 Å². The predicted octanol–water partition coefficient (Wildman–Crippen LogP) is 3.82. The molecule has 8 heteroatoms. The molecule has 1 aliphatic heterocycles. The number of nitrogens with one attached hydrogen (secondary N) is 3. The van der Waals surface area contributed by atoms with E-state index in [2.05, 4.69) is 15.6 Å². The van der Waals surface area contributed by atoms with Gasteiger partial charge >= 0.3 is 0 Å². The Morgan fingerprint density at radius 3 is 2.25 bits per heavy atom. The highest BCUT2D eigenvalue weighted by Crippen LogP contribution is 2.19. The predicted molar refractivity (Wildman–Crippen MR) is 140 cm³/mol. The van der Waals surface area contributed by atoms with Gasteiger partial charge in [0.05, 0.1) is 17.8 Å². The molecule has 1 aliphatic rings. The lowest BCUT2D eigenvalue weighted by Crippen LogP contribution is -2.50. The molecule has 182 valence electrons. The summed E-state index contributed by atoms with van der Waals surface area (Å²) in [5, 5.41) is 6.73. The van der Waals surface area contributed by atoms with Crippen molar-refractivity contribution in [3.63, 3.8) is 0 Å². The van der Waals surface area contributed by atoms with Gasteiger partial charge < -0.3 is 20.5 Å². The SMILES string of the molecule is O=C(CN1CCN(C(=O)c2cc3ccccc3[nH]2)CC1)Nc1ccccc1C(=O)Nc1ccccc1. The van der Waals surface area contributed by atoms with Crippen LogP contribution in [0.4, 0.5) is 11.4 Å². The molecule has 0 unspecified atom stereocenters. The number of rotatable bonds is 6. The second kappa shape index (κ2) is 10.5. The van der Waals surface area contributed by atoms with Crippen molar-refractivity contribution in [2.45, 2.75) is 0 Å². The number of amides is 3. The Kier molecular flexibility index (Phi) is 6.77. The first-order valence-electron chi connectivity index (χ1n) is 11.9. The van der Waals surface area contributed by atoms with Crippen LogP contribution < -0.4 is 10.6 Å². The van der Waals surface area contributed by atoms with Crippen molar-refractivity contribution in [2.75, 3.05) is 43.4 Å². The second-order valence-corrected chi connectivity index (χ2v) is 8.75. The molecule has 5 rings (SSSR count). The van der Waals surface area contributed by atoms with Crippen molar-refractivity contribution < 1.29 is 14.4 Å². The van der Waals surface area contributed by atoms with Gasteiger partial charge in [0.25, 0.3) is 11.8 Å². The van der Waals surface area contributed by atoms with E-state index in [-0.39, 0.29) is 24.3 Å². The lowest BCUT2D eigenvalue weighted by Gasteiger charge is -2.34. The highest BCUT2D eigenvalue weighted by atomic mass is 16.2. The summed E-state index contributed by atoms with van der Waals surface area (Å²) in [5.74, 6) is -0.528. The molecule has 3 aromatic carbocycles. The van der Waals surface area contributed by atoms with Crippen LogP contribution >= 0.6 is 0 Å². The van der Waals surface area contributed by atoms with E-state index < -0.39 is 0 Å². The van der Waals surface area contributed by atoms with Crippen molar-refractivity contribution in [3.05, 3.63) is 96.2 Å². The van der Waals surface area contributed by atoms with Gasteiger partial charge in [0.2, 0.25) is 5.91 Å². The first-order chi connectivity index (χ1) is 17.6. The summed E-state index contributed by atoms with van der Waals surface area (Å²) in [7, 11) is 0. The number of aromatic amines is 1. The van der Waals surface area contributed by atoms with Crippen molar-refractivity contribution in [1.82, 2.24) is 14.8 Å². The van der Waals surface area contributed by atoms with Gasteiger partial charge in [0.1, 0.15) is 5.69 Å². The Balaban J connectivity index is 1.15.